The Morgan fingerprint density at radius 3 is 2.79 bits per heavy atom. The van der Waals surface area contributed by atoms with Crippen molar-refractivity contribution in [1.29, 1.82) is 0 Å². The maximum absolute atomic E-state index is 9.97. The van der Waals surface area contributed by atoms with E-state index in [0.29, 0.717) is 0 Å². The fourth-order valence-corrected chi connectivity index (χ4v) is 0.851. The molecule has 14 heavy (non-hydrogen) atoms. The molecule has 0 saturated carbocycles. The highest BCUT2D eigenvalue weighted by molar-refractivity contribution is 5.60. The van der Waals surface area contributed by atoms with Gasteiger partial charge in [-0.2, -0.15) is 0 Å². The summed E-state index contributed by atoms with van der Waals surface area (Å²) in [7, 11) is 1.94. The molecule has 3 nitrogen and oxygen atoms in total. The first kappa shape index (κ1) is 12.6. The molecule has 0 bridgehead atoms. The van der Waals surface area contributed by atoms with Gasteiger partial charge in [0.1, 0.15) is 6.29 Å². The Morgan fingerprint density at radius 2 is 2.14 bits per heavy atom. The zero-order chi connectivity index (χ0) is 10.6. The van der Waals surface area contributed by atoms with E-state index in [-0.39, 0.29) is 6.54 Å². The molecule has 0 unspecified atom stereocenters. The van der Waals surface area contributed by atoms with Crippen molar-refractivity contribution in [3.8, 4) is 0 Å². The van der Waals surface area contributed by atoms with Gasteiger partial charge in [0, 0.05) is 13.6 Å². The van der Waals surface area contributed by atoms with Gasteiger partial charge in [0.2, 0.25) is 0 Å². The molecular weight excluding hydrogens is 176 g/mol. The average molecular weight is 194 g/mol. The number of allylic oxidation sites excluding steroid dienone is 3. The van der Waals surface area contributed by atoms with Gasteiger partial charge >= 0.3 is 0 Å². The van der Waals surface area contributed by atoms with Crippen molar-refractivity contribution in [2.75, 3.05) is 20.1 Å². The molecule has 0 aromatic heterocycles. The van der Waals surface area contributed by atoms with Crippen molar-refractivity contribution in [2.45, 2.75) is 13.3 Å². The maximum atomic E-state index is 9.97. The van der Waals surface area contributed by atoms with Crippen LogP contribution in [-0.4, -0.2) is 37.7 Å². The predicted octanol–water partition coefficient (Wildman–Crippen LogP) is 1.67. The number of nitrogens with zero attached hydrogens (tertiary/aromatic N) is 2. The highest BCUT2D eigenvalue weighted by Gasteiger charge is 1.87. The number of rotatable bonds is 7. The lowest BCUT2D eigenvalue weighted by Crippen LogP contribution is -2.17. The maximum Gasteiger partial charge on any atom is 0.141 e. The molecule has 78 valence electrons. The van der Waals surface area contributed by atoms with Crippen molar-refractivity contribution in [3.63, 3.8) is 0 Å². The van der Waals surface area contributed by atoms with Gasteiger partial charge in [0.15, 0.2) is 0 Å². The molecule has 0 heterocycles. The lowest BCUT2D eigenvalue weighted by atomic mass is 10.3. The third kappa shape index (κ3) is 8.71. The topological polar surface area (TPSA) is 32.7 Å². The van der Waals surface area contributed by atoms with Gasteiger partial charge in [0.25, 0.3) is 0 Å². The summed E-state index contributed by atoms with van der Waals surface area (Å²) in [5, 5.41) is 0. The summed E-state index contributed by atoms with van der Waals surface area (Å²) >= 11 is 0. The standard InChI is InChI=1S/C11H18N2O/c1-3-4-5-6-7-9-13(2)11-12-8-10-14/h3-6,10-11H,7-9H2,1-2H3/b4-3-,6-5-,12-11?. The smallest absolute Gasteiger partial charge is 0.141 e. The van der Waals surface area contributed by atoms with Crippen LogP contribution in [0.1, 0.15) is 13.3 Å². The van der Waals surface area contributed by atoms with E-state index >= 15 is 0 Å². The van der Waals surface area contributed by atoms with Gasteiger partial charge in [-0.1, -0.05) is 24.3 Å². The summed E-state index contributed by atoms with van der Waals surface area (Å²) in [6.07, 6.45) is 11.6. The van der Waals surface area contributed by atoms with Gasteiger partial charge in [-0.25, -0.2) is 0 Å². The third-order valence-corrected chi connectivity index (χ3v) is 1.55. The molecule has 0 aliphatic heterocycles. The van der Waals surface area contributed by atoms with Crippen LogP contribution < -0.4 is 0 Å². The first-order chi connectivity index (χ1) is 6.81. The minimum absolute atomic E-state index is 0.249. The Bertz CT molecular complexity index is 219. The van der Waals surface area contributed by atoms with Crippen LogP contribution in [0.3, 0.4) is 0 Å². The van der Waals surface area contributed by atoms with E-state index in [1.54, 1.807) is 6.34 Å². The van der Waals surface area contributed by atoms with Crippen molar-refractivity contribution in [2.24, 2.45) is 4.99 Å². The molecule has 0 aromatic rings. The van der Waals surface area contributed by atoms with Crippen LogP contribution >= 0.6 is 0 Å². The van der Waals surface area contributed by atoms with E-state index in [1.807, 2.05) is 37.1 Å². The lowest BCUT2D eigenvalue weighted by Gasteiger charge is -2.10. The normalized spacial score (nSPS) is 11.9. The molecule has 0 fully saturated rings. The Kier molecular flexibility index (Phi) is 8.75. The minimum Gasteiger partial charge on any atom is -0.366 e. The lowest BCUT2D eigenvalue weighted by molar-refractivity contribution is -0.106. The second-order valence-electron chi connectivity index (χ2n) is 2.87. The molecule has 0 radical (unpaired) electrons. The number of aliphatic imine (C=N–C) groups is 1. The quantitative estimate of drug-likeness (QED) is 0.267. The van der Waals surface area contributed by atoms with Gasteiger partial charge < -0.3 is 9.69 Å². The second kappa shape index (κ2) is 9.71. The fourth-order valence-electron chi connectivity index (χ4n) is 0.851. The Morgan fingerprint density at radius 1 is 1.36 bits per heavy atom. The first-order valence-electron chi connectivity index (χ1n) is 4.73. The molecule has 0 aliphatic rings. The van der Waals surface area contributed by atoms with E-state index in [1.165, 1.54) is 0 Å². The number of carbonyl (C=O) groups is 1. The van der Waals surface area contributed by atoms with E-state index < -0.39 is 0 Å². The first-order valence-corrected chi connectivity index (χ1v) is 4.73. The number of hydrogen-bond donors (Lipinski definition) is 0. The van der Waals surface area contributed by atoms with Crippen LogP contribution in [0.25, 0.3) is 0 Å². The molecule has 0 spiro atoms. The Labute approximate surface area is 85.8 Å². The van der Waals surface area contributed by atoms with Crippen LogP contribution in [0.4, 0.5) is 0 Å². The molecule has 3 heteroatoms. The summed E-state index contributed by atoms with van der Waals surface area (Å²) < 4.78 is 0. The number of carbonyl (C=O) groups excluding carboxylic acids is 1. The van der Waals surface area contributed by atoms with Crippen LogP contribution in [0.15, 0.2) is 29.3 Å². The summed E-state index contributed by atoms with van der Waals surface area (Å²) in [5.74, 6) is 0. The monoisotopic (exact) mass is 194 g/mol. The second-order valence-corrected chi connectivity index (χ2v) is 2.87. The molecular formula is C11H18N2O. The van der Waals surface area contributed by atoms with Crippen molar-refractivity contribution < 1.29 is 4.79 Å². The fraction of sp³-hybridized carbons (Fsp3) is 0.455. The van der Waals surface area contributed by atoms with Gasteiger partial charge in [-0.05, 0) is 13.3 Å². The van der Waals surface area contributed by atoms with E-state index in [0.717, 1.165) is 19.3 Å². The van der Waals surface area contributed by atoms with Crippen LogP contribution in [0.5, 0.6) is 0 Å². The summed E-state index contributed by atoms with van der Waals surface area (Å²) in [5.41, 5.74) is 0. The van der Waals surface area contributed by atoms with E-state index in [2.05, 4.69) is 11.1 Å². The van der Waals surface area contributed by atoms with Crippen LogP contribution in [0, 0.1) is 0 Å². The van der Waals surface area contributed by atoms with E-state index in [9.17, 15) is 4.79 Å². The molecule has 0 atom stereocenters. The highest BCUT2D eigenvalue weighted by Crippen LogP contribution is 1.87. The molecule has 0 amide bonds. The highest BCUT2D eigenvalue weighted by atomic mass is 16.1. The van der Waals surface area contributed by atoms with Gasteiger partial charge in [-0.15, -0.1) is 0 Å². The number of hydrogen-bond acceptors (Lipinski definition) is 2. The van der Waals surface area contributed by atoms with Crippen molar-refractivity contribution >= 4 is 12.6 Å². The Balaban J connectivity index is 3.52. The van der Waals surface area contributed by atoms with Crippen LogP contribution in [-0.2, 0) is 4.79 Å². The molecule has 0 aromatic carbocycles. The molecule has 0 rings (SSSR count). The zero-order valence-electron chi connectivity index (χ0n) is 8.89. The van der Waals surface area contributed by atoms with Gasteiger partial charge in [0.05, 0.1) is 12.9 Å². The molecule has 0 N–H and O–H groups in total. The van der Waals surface area contributed by atoms with Crippen molar-refractivity contribution in [3.05, 3.63) is 24.3 Å². The third-order valence-electron chi connectivity index (χ3n) is 1.55. The predicted molar refractivity (Wildman–Crippen MR) is 60.6 cm³/mol. The SMILES string of the molecule is C/C=C\C=C/CCN(C)C=NCC=O. The number of aldehydes is 1. The molecule has 0 aliphatic carbocycles. The summed E-state index contributed by atoms with van der Waals surface area (Å²) in [6.45, 7) is 3.15. The van der Waals surface area contributed by atoms with Crippen molar-refractivity contribution in [1.82, 2.24) is 4.90 Å². The van der Waals surface area contributed by atoms with Gasteiger partial charge in [-0.3, -0.25) is 4.99 Å². The Hall–Kier alpha value is -1.38. The zero-order valence-corrected chi connectivity index (χ0v) is 8.89. The van der Waals surface area contributed by atoms with Crippen LogP contribution in [0.2, 0.25) is 0 Å². The largest absolute Gasteiger partial charge is 0.366 e. The van der Waals surface area contributed by atoms with E-state index in [4.69, 9.17) is 0 Å². The molecule has 0 saturated heterocycles. The summed E-state index contributed by atoms with van der Waals surface area (Å²) in [6, 6.07) is 0. The average Bonchev–Trinajstić information content (AvgIpc) is 2.18. The summed E-state index contributed by atoms with van der Waals surface area (Å²) in [4.78, 5) is 15.8. The minimum atomic E-state index is 0.249.